The Morgan fingerprint density at radius 1 is 1.24 bits per heavy atom. The molecule has 1 aliphatic rings. The lowest BCUT2D eigenvalue weighted by Gasteiger charge is -2.32. The molecular formula is C13H20FN3. The van der Waals surface area contributed by atoms with Gasteiger partial charge in [-0.3, -0.25) is 4.90 Å². The van der Waals surface area contributed by atoms with Crippen LogP contribution in [0.2, 0.25) is 0 Å². The van der Waals surface area contributed by atoms with Crippen LogP contribution in [0.5, 0.6) is 0 Å². The molecule has 0 amide bonds. The second-order valence-corrected chi connectivity index (χ2v) is 4.71. The number of rotatable bonds is 3. The number of hydrogen-bond donors (Lipinski definition) is 1. The molecule has 94 valence electrons. The summed E-state index contributed by atoms with van der Waals surface area (Å²) in [5.41, 5.74) is 7.27. The Balaban J connectivity index is 1.99. The molecule has 4 heteroatoms. The Labute approximate surface area is 102 Å². The van der Waals surface area contributed by atoms with Gasteiger partial charge in [0, 0.05) is 44.8 Å². The molecule has 1 aliphatic heterocycles. The lowest BCUT2D eigenvalue weighted by atomic mass is 10.1. The summed E-state index contributed by atoms with van der Waals surface area (Å²) in [5.74, 6) is -0.199. The van der Waals surface area contributed by atoms with Gasteiger partial charge < -0.3 is 10.6 Å². The minimum atomic E-state index is -0.199. The summed E-state index contributed by atoms with van der Waals surface area (Å²) in [6, 6.07) is 5.26. The third kappa shape index (κ3) is 3.25. The zero-order chi connectivity index (χ0) is 12.3. The first kappa shape index (κ1) is 12.5. The van der Waals surface area contributed by atoms with Crippen molar-refractivity contribution >= 4 is 0 Å². The van der Waals surface area contributed by atoms with Crippen LogP contribution in [0.1, 0.15) is 11.1 Å². The number of nitrogens with zero attached hydrogens (tertiary/aromatic N) is 2. The van der Waals surface area contributed by atoms with Gasteiger partial charge in [-0.1, -0.05) is 12.1 Å². The Kier molecular flexibility index (Phi) is 4.10. The SMILES string of the molecule is CN1CCN(Cc2ccc(F)c(CN)c2)CC1. The summed E-state index contributed by atoms with van der Waals surface area (Å²) in [4.78, 5) is 4.72. The van der Waals surface area contributed by atoms with Crippen LogP contribution in [0.3, 0.4) is 0 Å². The average Bonchev–Trinajstić information content (AvgIpc) is 2.34. The van der Waals surface area contributed by atoms with Crippen molar-refractivity contribution in [2.45, 2.75) is 13.1 Å². The van der Waals surface area contributed by atoms with Crippen molar-refractivity contribution in [3.05, 3.63) is 35.1 Å². The van der Waals surface area contributed by atoms with E-state index in [1.807, 2.05) is 12.1 Å². The highest BCUT2D eigenvalue weighted by molar-refractivity contribution is 5.25. The van der Waals surface area contributed by atoms with Crippen molar-refractivity contribution in [1.82, 2.24) is 9.80 Å². The molecule has 1 fully saturated rings. The van der Waals surface area contributed by atoms with E-state index in [0.29, 0.717) is 5.56 Å². The van der Waals surface area contributed by atoms with Crippen molar-refractivity contribution in [3.8, 4) is 0 Å². The molecule has 0 unspecified atom stereocenters. The third-order valence-corrected chi connectivity index (χ3v) is 3.33. The summed E-state index contributed by atoms with van der Waals surface area (Å²) in [6.07, 6.45) is 0. The molecule has 1 heterocycles. The van der Waals surface area contributed by atoms with Crippen LogP contribution in [0.15, 0.2) is 18.2 Å². The van der Waals surface area contributed by atoms with Crippen LogP contribution < -0.4 is 5.73 Å². The van der Waals surface area contributed by atoms with Crippen LogP contribution >= 0.6 is 0 Å². The smallest absolute Gasteiger partial charge is 0.127 e. The number of halogens is 1. The monoisotopic (exact) mass is 237 g/mol. The zero-order valence-electron chi connectivity index (χ0n) is 10.3. The Hall–Kier alpha value is -0.970. The molecule has 2 N–H and O–H groups in total. The van der Waals surface area contributed by atoms with E-state index < -0.39 is 0 Å². The van der Waals surface area contributed by atoms with E-state index in [0.717, 1.165) is 38.3 Å². The van der Waals surface area contributed by atoms with Gasteiger partial charge in [0.05, 0.1) is 0 Å². The number of likely N-dealkylation sites (N-methyl/N-ethyl adjacent to an activating group) is 1. The normalized spacial score (nSPS) is 18.5. The van der Waals surface area contributed by atoms with E-state index in [4.69, 9.17) is 5.73 Å². The van der Waals surface area contributed by atoms with Gasteiger partial charge in [-0.05, 0) is 18.7 Å². The van der Waals surface area contributed by atoms with E-state index in [9.17, 15) is 4.39 Å². The molecule has 0 bridgehead atoms. The fraction of sp³-hybridized carbons (Fsp3) is 0.538. The van der Waals surface area contributed by atoms with E-state index >= 15 is 0 Å². The summed E-state index contributed by atoms with van der Waals surface area (Å²) >= 11 is 0. The van der Waals surface area contributed by atoms with Gasteiger partial charge in [0.15, 0.2) is 0 Å². The molecular weight excluding hydrogens is 217 g/mol. The van der Waals surface area contributed by atoms with Crippen LogP contribution in [-0.4, -0.2) is 43.0 Å². The predicted molar refractivity (Wildman–Crippen MR) is 67.1 cm³/mol. The molecule has 0 spiro atoms. The van der Waals surface area contributed by atoms with Crippen molar-refractivity contribution in [2.24, 2.45) is 5.73 Å². The third-order valence-electron chi connectivity index (χ3n) is 3.33. The molecule has 0 radical (unpaired) electrons. The van der Waals surface area contributed by atoms with Gasteiger partial charge in [-0.2, -0.15) is 0 Å². The van der Waals surface area contributed by atoms with Gasteiger partial charge in [-0.15, -0.1) is 0 Å². The summed E-state index contributed by atoms with van der Waals surface area (Å²) in [6.45, 7) is 5.51. The molecule has 3 nitrogen and oxygen atoms in total. The van der Waals surface area contributed by atoms with Gasteiger partial charge in [0.25, 0.3) is 0 Å². The van der Waals surface area contributed by atoms with Crippen LogP contribution in [0.4, 0.5) is 4.39 Å². The molecule has 17 heavy (non-hydrogen) atoms. The van der Waals surface area contributed by atoms with Crippen molar-refractivity contribution in [3.63, 3.8) is 0 Å². The van der Waals surface area contributed by atoms with E-state index in [-0.39, 0.29) is 12.4 Å². The standard InChI is InChI=1S/C13H20FN3/c1-16-4-6-17(7-5-16)10-11-2-3-13(14)12(8-11)9-15/h2-3,8H,4-7,9-10,15H2,1H3. The second kappa shape index (κ2) is 5.58. The molecule has 0 aromatic heterocycles. The van der Waals surface area contributed by atoms with Crippen LogP contribution in [0.25, 0.3) is 0 Å². The summed E-state index contributed by atoms with van der Waals surface area (Å²) < 4.78 is 13.3. The van der Waals surface area contributed by atoms with Gasteiger partial charge in [-0.25, -0.2) is 4.39 Å². The highest BCUT2D eigenvalue weighted by atomic mass is 19.1. The molecule has 1 saturated heterocycles. The Morgan fingerprint density at radius 3 is 2.59 bits per heavy atom. The first-order chi connectivity index (χ1) is 8.19. The maximum Gasteiger partial charge on any atom is 0.127 e. The Bertz CT molecular complexity index is 373. The first-order valence-electron chi connectivity index (χ1n) is 6.07. The first-order valence-corrected chi connectivity index (χ1v) is 6.07. The number of hydrogen-bond acceptors (Lipinski definition) is 3. The maximum atomic E-state index is 13.3. The van der Waals surface area contributed by atoms with Gasteiger partial charge in [0.2, 0.25) is 0 Å². The topological polar surface area (TPSA) is 32.5 Å². The average molecular weight is 237 g/mol. The highest BCUT2D eigenvalue weighted by Gasteiger charge is 2.14. The Morgan fingerprint density at radius 2 is 1.94 bits per heavy atom. The van der Waals surface area contributed by atoms with Crippen LogP contribution in [0, 0.1) is 5.82 Å². The van der Waals surface area contributed by atoms with E-state index in [1.165, 1.54) is 6.07 Å². The fourth-order valence-electron chi connectivity index (χ4n) is 2.15. The molecule has 0 aliphatic carbocycles. The molecule has 1 aromatic rings. The maximum absolute atomic E-state index is 13.3. The predicted octanol–water partition coefficient (Wildman–Crippen LogP) is 1.03. The fourth-order valence-corrected chi connectivity index (χ4v) is 2.15. The molecule has 1 aromatic carbocycles. The highest BCUT2D eigenvalue weighted by Crippen LogP contribution is 2.13. The minimum Gasteiger partial charge on any atom is -0.326 e. The molecule has 2 rings (SSSR count). The van der Waals surface area contributed by atoms with Crippen LogP contribution in [-0.2, 0) is 13.1 Å². The lowest BCUT2D eigenvalue weighted by Crippen LogP contribution is -2.43. The second-order valence-electron chi connectivity index (χ2n) is 4.71. The molecule has 0 saturated carbocycles. The van der Waals surface area contributed by atoms with E-state index in [2.05, 4.69) is 16.8 Å². The quantitative estimate of drug-likeness (QED) is 0.852. The number of piperazine rings is 1. The minimum absolute atomic E-state index is 0.199. The van der Waals surface area contributed by atoms with Gasteiger partial charge in [0.1, 0.15) is 5.82 Å². The zero-order valence-corrected chi connectivity index (χ0v) is 10.3. The number of benzene rings is 1. The van der Waals surface area contributed by atoms with Crippen molar-refractivity contribution in [2.75, 3.05) is 33.2 Å². The largest absolute Gasteiger partial charge is 0.326 e. The van der Waals surface area contributed by atoms with Crippen molar-refractivity contribution in [1.29, 1.82) is 0 Å². The summed E-state index contributed by atoms with van der Waals surface area (Å²) in [7, 11) is 2.14. The van der Waals surface area contributed by atoms with Gasteiger partial charge >= 0.3 is 0 Å². The number of nitrogens with two attached hydrogens (primary N) is 1. The summed E-state index contributed by atoms with van der Waals surface area (Å²) in [5, 5.41) is 0. The lowest BCUT2D eigenvalue weighted by molar-refractivity contribution is 0.148. The molecule has 0 atom stereocenters. The van der Waals surface area contributed by atoms with E-state index in [1.54, 1.807) is 0 Å². The van der Waals surface area contributed by atoms with Crippen molar-refractivity contribution < 1.29 is 4.39 Å².